The Kier molecular flexibility index (Phi) is 7.61. The predicted octanol–water partition coefficient (Wildman–Crippen LogP) is 6.36. The second kappa shape index (κ2) is 10.9. The monoisotopic (exact) mass is 514 g/mol. The topological polar surface area (TPSA) is 78.9 Å². The summed E-state index contributed by atoms with van der Waals surface area (Å²) in [4.78, 5) is 28.7. The molecule has 0 heterocycles. The van der Waals surface area contributed by atoms with Crippen LogP contribution in [0.15, 0.2) is 91.0 Å². The summed E-state index contributed by atoms with van der Waals surface area (Å²) in [6.07, 6.45) is 0. The van der Waals surface area contributed by atoms with Gasteiger partial charge in [-0.15, -0.1) is 0 Å². The van der Waals surface area contributed by atoms with Gasteiger partial charge in [0.1, 0.15) is 22.8 Å². The van der Waals surface area contributed by atoms with E-state index in [0.29, 0.717) is 16.9 Å². The highest BCUT2D eigenvalue weighted by Crippen LogP contribution is 2.55. The van der Waals surface area contributed by atoms with E-state index in [1.807, 2.05) is 36.4 Å². The van der Waals surface area contributed by atoms with Crippen LogP contribution in [-0.2, 0) is 4.57 Å². The van der Waals surface area contributed by atoms with Crippen molar-refractivity contribution in [1.82, 2.24) is 0 Å². The summed E-state index contributed by atoms with van der Waals surface area (Å²) in [5.41, 5.74) is 0.526. The van der Waals surface area contributed by atoms with Crippen molar-refractivity contribution in [2.45, 2.75) is 6.92 Å². The number of carbonyl (C=O) groups is 2. The van der Waals surface area contributed by atoms with Gasteiger partial charge in [-0.05, 0) is 23.6 Å². The van der Waals surface area contributed by atoms with Crippen LogP contribution < -0.4 is 19.5 Å². The van der Waals surface area contributed by atoms with E-state index in [4.69, 9.17) is 14.2 Å². The summed E-state index contributed by atoms with van der Waals surface area (Å²) in [7, 11) is -0.217. The highest BCUT2D eigenvalue weighted by molar-refractivity contribution is 8.01. The molecule has 4 rings (SSSR count). The van der Waals surface area contributed by atoms with E-state index < -0.39 is 18.2 Å². The third-order valence-electron chi connectivity index (χ3n) is 6.19. The fourth-order valence-electron chi connectivity index (χ4n) is 4.31. The lowest BCUT2D eigenvalue weighted by Crippen LogP contribution is -2.22. The van der Waals surface area contributed by atoms with E-state index in [1.54, 1.807) is 49.4 Å². The molecule has 4 aromatic carbocycles. The number of hydrogen-bond acceptors (Lipinski definition) is 6. The molecule has 4 aromatic rings. The average Bonchev–Trinajstić information content (AvgIpc) is 2.95. The molecule has 0 aliphatic carbocycles. The van der Waals surface area contributed by atoms with Gasteiger partial charge in [0.15, 0.2) is 0 Å². The Bertz CT molecular complexity index is 1470. The van der Waals surface area contributed by atoms with Crippen molar-refractivity contribution in [3.63, 3.8) is 0 Å². The molecule has 1 unspecified atom stereocenters. The summed E-state index contributed by atoms with van der Waals surface area (Å²) in [6.45, 7) is 1.77. The first kappa shape index (κ1) is 25.9. The maximum Gasteiger partial charge on any atom is 0.249 e. The van der Waals surface area contributed by atoms with Crippen molar-refractivity contribution in [3.05, 3.63) is 108 Å². The van der Waals surface area contributed by atoms with E-state index in [2.05, 4.69) is 0 Å². The van der Waals surface area contributed by atoms with Crippen molar-refractivity contribution in [3.8, 4) is 28.4 Å². The quantitative estimate of drug-likeness (QED) is 0.242. The molecule has 1 atom stereocenters. The van der Waals surface area contributed by atoms with Gasteiger partial charge in [0, 0.05) is 23.0 Å². The summed E-state index contributed by atoms with van der Waals surface area (Å²) < 4.78 is 31.2. The summed E-state index contributed by atoms with van der Waals surface area (Å²) in [5.74, 6) is 0.577. The van der Waals surface area contributed by atoms with Crippen molar-refractivity contribution in [2.24, 2.45) is 0 Å². The molecule has 0 spiro atoms. The minimum atomic E-state index is -4.45. The third-order valence-corrected chi connectivity index (χ3v) is 8.81. The van der Waals surface area contributed by atoms with Crippen LogP contribution in [0, 0.1) is 6.92 Å². The maximum atomic E-state index is 15.0. The lowest BCUT2D eigenvalue weighted by Gasteiger charge is -2.22. The second-order valence-electron chi connectivity index (χ2n) is 8.33. The Morgan fingerprint density at radius 3 is 1.73 bits per heavy atom. The minimum Gasteiger partial charge on any atom is -0.496 e. The third kappa shape index (κ3) is 4.68. The highest BCUT2D eigenvalue weighted by Gasteiger charge is 2.46. The van der Waals surface area contributed by atoms with Crippen LogP contribution >= 0.6 is 7.14 Å². The SMILES string of the molecule is COc1cc(OC)c(C(=O)P(=O)(C(=O)c2c(C)cccc2-c2ccccc2)c2ccccc2)c(OC)c1. The van der Waals surface area contributed by atoms with Crippen LogP contribution in [0.5, 0.6) is 17.2 Å². The van der Waals surface area contributed by atoms with Gasteiger partial charge in [-0.25, -0.2) is 0 Å². The molecule has 37 heavy (non-hydrogen) atoms. The van der Waals surface area contributed by atoms with Gasteiger partial charge in [0.25, 0.3) is 0 Å². The zero-order chi connectivity index (χ0) is 26.6. The van der Waals surface area contributed by atoms with E-state index in [1.165, 1.54) is 33.5 Å². The van der Waals surface area contributed by atoms with Gasteiger partial charge in [-0.2, -0.15) is 0 Å². The Morgan fingerprint density at radius 2 is 1.19 bits per heavy atom. The Balaban J connectivity index is 2.01. The number of hydrogen-bond donors (Lipinski definition) is 0. The minimum absolute atomic E-state index is 0.0822. The van der Waals surface area contributed by atoms with Crippen LogP contribution in [0.2, 0.25) is 0 Å². The van der Waals surface area contributed by atoms with E-state index >= 15 is 4.57 Å². The number of carbonyl (C=O) groups excluding carboxylic acids is 2. The number of benzene rings is 4. The van der Waals surface area contributed by atoms with Crippen molar-refractivity contribution >= 4 is 23.5 Å². The molecule has 188 valence electrons. The molecule has 0 aliphatic heterocycles. The fourth-order valence-corrected chi connectivity index (χ4v) is 6.70. The second-order valence-corrected chi connectivity index (χ2v) is 10.9. The first-order chi connectivity index (χ1) is 17.9. The fraction of sp³-hybridized carbons (Fsp3) is 0.133. The molecule has 0 fully saturated rings. The molecule has 7 heteroatoms. The van der Waals surface area contributed by atoms with Gasteiger partial charge in [0.05, 0.1) is 21.3 Å². The largest absolute Gasteiger partial charge is 0.496 e. The van der Waals surface area contributed by atoms with Gasteiger partial charge in [-0.1, -0.05) is 78.9 Å². The summed E-state index contributed by atoms with van der Waals surface area (Å²) >= 11 is 0. The lowest BCUT2D eigenvalue weighted by atomic mass is 9.97. The van der Waals surface area contributed by atoms with Crippen LogP contribution in [0.1, 0.15) is 26.3 Å². The van der Waals surface area contributed by atoms with E-state index in [9.17, 15) is 9.59 Å². The molecule has 0 bridgehead atoms. The predicted molar refractivity (Wildman–Crippen MR) is 145 cm³/mol. The van der Waals surface area contributed by atoms with E-state index in [0.717, 1.165) is 5.56 Å². The van der Waals surface area contributed by atoms with Gasteiger partial charge < -0.3 is 18.8 Å². The smallest absolute Gasteiger partial charge is 0.249 e. The van der Waals surface area contributed by atoms with Crippen LogP contribution in [0.25, 0.3) is 11.1 Å². The Hall–Kier alpha value is -4.15. The van der Waals surface area contributed by atoms with Crippen LogP contribution in [0.3, 0.4) is 0 Å². The average molecular weight is 515 g/mol. The van der Waals surface area contributed by atoms with Gasteiger partial charge in [0.2, 0.25) is 18.2 Å². The van der Waals surface area contributed by atoms with Gasteiger partial charge >= 0.3 is 0 Å². The van der Waals surface area contributed by atoms with Crippen LogP contribution in [0.4, 0.5) is 0 Å². The molecule has 0 aliphatic rings. The molecular weight excluding hydrogens is 487 g/mol. The van der Waals surface area contributed by atoms with Crippen molar-refractivity contribution in [2.75, 3.05) is 21.3 Å². The normalized spacial score (nSPS) is 12.3. The van der Waals surface area contributed by atoms with E-state index in [-0.39, 0.29) is 27.9 Å². The highest BCUT2D eigenvalue weighted by atomic mass is 31.2. The molecule has 0 saturated heterocycles. The maximum absolute atomic E-state index is 15.0. The first-order valence-corrected chi connectivity index (χ1v) is 13.3. The zero-order valence-electron chi connectivity index (χ0n) is 21.1. The number of methoxy groups -OCH3 is 3. The summed E-state index contributed by atoms with van der Waals surface area (Å²) in [6, 6.07) is 25.9. The summed E-state index contributed by atoms with van der Waals surface area (Å²) in [5, 5.41) is 0.132. The number of aryl methyl sites for hydroxylation is 1. The molecule has 0 saturated carbocycles. The van der Waals surface area contributed by atoms with Crippen molar-refractivity contribution in [1.29, 1.82) is 0 Å². The molecule has 0 amide bonds. The number of rotatable bonds is 9. The molecule has 6 nitrogen and oxygen atoms in total. The standard InChI is InChI=1S/C30H27O6P/c1-20-12-11-17-24(21-13-7-5-8-14-21)27(20)29(31)37(33,23-15-9-6-10-16-23)30(32)28-25(35-3)18-22(34-2)19-26(28)36-4/h5-19H,1-4H3. The number of ether oxygens (including phenoxy) is 3. The molecular formula is C30H27O6P. The molecule has 0 N–H and O–H groups in total. The Labute approximate surface area is 216 Å². The molecule has 0 radical (unpaired) electrons. The van der Waals surface area contributed by atoms with Gasteiger partial charge in [-0.3, -0.25) is 9.59 Å². The van der Waals surface area contributed by atoms with Crippen LogP contribution in [-0.4, -0.2) is 32.4 Å². The Morgan fingerprint density at radius 1 is 0.649 bits per heavy atom. The van der Waals surface area contributed by atoms with Crippen molar-refractivity contribution < 1.29 is 28.4 Å². The lowest BCUT2D eigenvalue weighted by molar-refractivity contribution is 0.103. The zero-order valence-corrected chi connectivity index (χ0v) is 22.0. The first-order valence-electron chi connectivity index (χ1n) is 11.6. The molecule has 0 aromatic heterocycles.